The molecule has 2 aromatic rings. The third-order valence-electron chi connectivity index (χ3n) is 5.99. The van der Waals surface area contributed by atoms with Crippen LogP contribution >= 0.6 is 0 Å². The first-order chi connectivity index (χ1) is 14.6. The molecule has 0 radical (unpaired) electrons. The first-order valence-corrected chi connectivity index (χ1v) is 10.6. The maximum Gasteiger partial charge on any atom is 0.290 e. The van der Waals surface area contributed by atoms with Gasteiger partial charge in [0.2, 0.25) is 5.91 Å². The number of carbonyl (C=O) groups is 3. The fourth-order valence-electron chi connectivity index (χ4n) is 4.36. The van der Waals surface area contributed by atoms with E-state index in [1.54, 1.807) is 29.2 Å². The molecular formula is C23H27N3O4. The highest BCUT2D eigenvalue weighted by Crippen LogP contribution is 2.23. The Bertz CT molecular complexity index is 873. The van der Waals surface area contributed by atoms with E-state index in [-0.39, 0.29) is 35.6 Å². The molecule has 2 aliphatic rings. The number of amides is 3. The Morgan fingerprint density at radius 1 is 0.867 bits per heavy atom. The van der Waals surface area contributed by atoms with Gasteiger partial charge in [-0.15, -0.1) is 0 Å². The molecule has 1 aromatic heterocycles. The van der Waals surface area contributed by atoms with Crippen molar-refractivity contribution in [1.29, 1.82) is 0 Å². The topological polar surface area (TPSA) is 91.7 Å². The fourth-order valence-corrected chi connectivity index (χ4v) is 4.36. The Balaban J connectivity index is 1.26. The van der Waals surface area contributed by atoms with E-state index in [0.717, 1.165) is 32.1 Å². The van der Waals surface area contributed by atoms with Crippen molar-refractivity contribution in [2.24, 2.45) is 0 Å². The summed E-state index contributed by atoms with van der Waals surface area (Å²) in [6, 6.07) is 12.2. The zero-order valence-corrected chi connectivity index (χ0v) is 16.9. The lowest BCUT2D eigenvalue weighted by molar-refractivity contribution is -0.125. The van der Waals surface area contributed by atoms with Gasteiger partial charge in [0.15, 0.2) is 5.76 Å². The molecule has 2 N–H and O–H groups in total. The van der Waals surface area contributed by atoms with Crippen molar-refractivity contribution < 1.29 is 18.8 Å². The first-order valence-electron chi connectivity index (χ1n) is 10.6. The molecule has 1 atom stereocenters. The van der Waals surface area contributed by atoms with Crippen LogP contribution in [0.15, 0.2) is 53.1 Å². The van der Waals surface area contributed by atoms with E-state index in [1.165, 1.54) is 6.26 Å². The zero-order chi connectivity index (χ0) is 20.9. The summed E-state index contributed by atoms with van der Waals surface area (Å²) in [6.45, 7) is 0.565. The summed E-state index contributed by atoms with van der Waals surface area (Å²) >= 11 is 0. The van der Waals surface area contributed by atoms with Crippen LogP contribution in [0.4, 0.5) is 0 Å². The molecule has 3 amide bonds. The van der Waals surface area contributed by atoms with Crippen LogP contribution < -0.4 is 10.6 Å². The third kappa shape index (κ3) is 4.56. The number of nitrogens with one attached hydrogen (secondary N) is 2. The quantitative estimate of drug-likeness (QED) is 0.794. The van der Waals surface area contributed by atoms with Crippen molar-refractivity contribution >= 4 is 17.7 Å². The predicted molar refractivity (Wildman–Crippen MR) is 111 cm³/mol. The van der Waals surface area contributed by atoms with Crippen LogP contribution in [0, 0.1) is 0 Å². The molecule has 4 rings (SSSR count). The smallest absolute Gasteiger partial charge is 0.290 e. The standard InChI is InChI=1S/C23H27N3O4/c27-21(16-6-2-1-3-7-16)24-17-10-12-18(13-11-17)25-22(28)19-8-4-14-26(19)23(29)20-9-5-15-30-20/h1-3,5-7,9,15,17-19H,4,8,10-14H2,(H,24,27)(H,25,28)/t17?,18?,19-/m0/s1. The van der Waals surface area contributed by atoms with Crippen LogP contribution in [-0.4, -0.2) is 47.3 Å². The minimum Gasteiger partial charge on any atom is -0.459 e. The minimum absolute atomic E-state index is 0.0545. The lowest BCUT2D eigenvalue weighted by Crippen LogP contribution is -2.50. The Labute approximate surface area is 175 Å². The molecule has 30 heavy (non-hydrogen) atoms. The van der Waals surface area contributed by atoms with Crippen molar-refractivity contribution in [2.45, 2.75) is 56.7 Å². The van der Waals surface area contributed by atoms with E-state index in [2.05, 4.69) is 10.6 Å². The molecule has 2 fully saturated rings. The van der Waals surface area contributed by atoms with E-state index in [4.69, 9.17) is 4.42 Å². The molecule has 0 spiro atoms. The maximum atomic E-state index is 12.8. The van der Waals surface area contributed by atoms with Crippen molar-refractivity contribution in [2.75, 3.05) is 6.54 Å². The van der Waals surface area contributed by atoms with Crippen LogP contribution in [0.2, 0.25) is 0 Å². The van der Waals surface area contributed by atoms with E-state index in [1.807, 2.05) is 18.2 Å². The van der Waals surface area contributed by atoms with Gasteiger partial charge in [0, 0.05) is 24.2 Å². The molecule has 1 aromatic carbocycles. The van der Waals surface area contributed by atoms with Crippen LogP contribution in [0.3, 0.4) is 0 Å². The Hall–Kier alpha value is -3.09. The number of hydrogen-bond acceptors (Lipinski definition) is 4. The van der Waals surface area contributed by atoms with Crippen LogP contribution in [0.1, 0.15) is 59.4 Å². The van der Waals surface area contributed by atoms with Crippen LogP contribution in [0.5, 0.6) is 0 Å². The summed E-state index contributed by atoms with van der Waals surface area (Å²) in [6.07, 6.45) is 6.21. The van der Waals surface area contributed by atoms with E-state index >= 15 is 0 Å². The van der Waals surface area contributed by atoms with Crippen molar-refractivity contribution in [3.8, 4) is 0 Å². The van der Waals surface area contributed by atoms with Gasteiger partial charge in [-0.05, 0) is 62.8 Å². The van der Waals surface area contributed by atoms with Crippen molar-refractivity contribution in [3.05, 3.63) is 60.1 Å². The summed E-state index contributed by atoms with van der Waals surface area (Å²) in [5.41, 5.74) is 0.662. The summed E-state index contributed by atoms with van der Waals surface area (Å²) in [5.74, 6) is -0.111. The zero-order valence-electron chi connectivity index (χ0n) is 16.9. The highest BCUT2D eigenvalue weighted by atomic mass is 16.3. The fraction of sp³-hybridized carbons (Fsp3) is 0.435. The second-order valence-electron chi connectivity index (χ2n) is 8.03. The number of nitrogens with zero attached hydrogens (tertiary/aromatic N) is 1. The molecule has 2 heterocycles. The minimum atomic E-state index is -0.446. The lowest BCUT2D eigenvalue weighted by Gasteiger charge is -2.31. The van der Waals surface area contributed by atoms with Gasteiger partial charge in [-0.3, -0.25) is 14.4 Å². The van der Waals surface area contributed by atoms with Gasteiger partial charge in [-0.1, -0.05) is 18.2 Å². The van der Waals surface area contributed by atoms with Gasteiger partial charge in [0.05, 0.1) is 6.26 Å². The highest BCUT2D eigenvalue weighted by Gasteiger charge is 2.36. The number of furan rings is 1. The maximum absolute atomic E-state index is 12.8. The van der Waals surface area contributed by atoms with Gasteiger partial charge in [-0.2, -0.15) is 0 Å². The highest BCUT2D eigenvalue weighted by molar-refractivity contribution is 5.96. The van der Waals surface area contributed by atoms with E-state index in [0.29, 0.717) is 18.5 Å². The number of hydrogen-bond donors (Lipinski definition) is 2. The molecule has 0 unspecified atom stereocenters. The van der Waals surface area contributed by atoms with Crippen LogP contribution in [-0.2, 0) is 4.79 Å². The molecule has 158 valence electrons. The lowest BCUT2D eigenvalue weighted by atomic mass is 9.90. The van der Waals surface area contributed by atoms with E-state index in [9.17, 15) is 14.4 Å². The second kappa shape index (κ2) is 9.15. The van der Waals surface area contributed by atoms with Gasteiger partial charge in [-0.25, -0.2) is 0 Å². The Morgan fingerprint density at radius 2 is 1.57 bits per heavy atom. The molecule has 7 nitrogen and oxygen atoms in total. The molecule has 0 bridgehead atoms. The van der Waals surface area contributed by atoms with Crippen molar-refractivity contribution in [3.63, 3.8) is 0 Å². The summed E-state index contributed by atoms with van der Waals surface area (Å²) in [4.78, 5) is 39.4. The molecular weight excluding hydrogens is 382 g/mol. The monoisotopic (exact) mass is 409 g/mol. The molecule has 1 saturated heterocycles. The normalized spacial score (nSPS) is 23.7. The largest absolute Gasteiger partial charge is 0.459 e. The number of rotatable bonds is 5. The summed E-state index contributed by atoms with van der Waals surface area (Å²) in [7, 11) is 0. The third-order valence-corrected chi connectivity index (χ3v) is 5.99. The number of carbonyl (C=O) groups excluding carboxylic acids is 3. The molecule has 7 heteroatoms. The first kappa shape index (κ1) is 20.2. The molecule has 1 aliphatic heterocycles. The average molecular weight is 409 g/mol. The summed E-state index contributed by atoms with van der Waals surface area (Å²) in [5, 5.41) is 6.21. The summed E-state index contributed by atoms with van der Waals surface area (Å²) < 4.78 is 5.20. The molecule has 1 saturated carbocycles. The Morgan fingerprint density at radius 3 is 2.23 bits per heavy atom. The average Bonchev–Trinajstić information content (AvgIpc) is 3.47. The number of benzene rings is 1. The van der Waals surface area contributed by atoms with Crippen LogP contribution in [0.25, 0.3) is 0 Å². The molecule has 1 aliphatic carbocycles. The number of likely N-dealkylation sites (tertiary alicyclic amines) is 1. The van der Waals surface area contributed by atoms with Gasteiger partial charge >= 0.3 is 0 Å². The SMILES string of the molecule is O=C(NC1CCC(NC(=O)[C@@H]2CCCN2C(=O)c2ccco2)CC1)c1ccccc1. The van der Waals surface area contributed by atoms with Gasteiger partial charge in [0.25, 0.3) is 11.8 Å². The Kier molecular flexibility index (Phi) is 6.16. The van der Waals surface area contributed by atoms with Gasteiger partial charge < -0.3 is 20.0 Å². The predicted octanol–water partition coefficient (Wildman–Crippen LogP) is 2.74. The van der Waals surface area contributed by atoms with E-state index < -0.39 is 6.04 Å². The second-order valence-corrected chi connectivity index (χ2v) is 8.03. The van der Waals surface area contributed by atoms with Crippen molar-refractivity contribution in [1.82, 2.24) is 15.5 Å². The van der Waals surface area contributed by atoms with Gasteiger partial charge in [0.1, 0.15) is 6.04 Å².